The summed E-state index contributed by atoms with van der Waals surface area (Å²) in [6.45, 7) is 6.08. The number of carboxylic acid groups (broad SMARTS) is 1. The van der Waals surface area contributed by atoms with Crippen molar-refractivity contribution in [1.29, 1.82) is 0 Å². The van der Waals surface area contributed by atoms with Crippen molar-refractivity contribution < 1.29 is 9.90 Å². The first kappa shape index (κ1) is 13.8. The molecule has 1 heterocycles. The zero-order valence-electron chi connectivity index (χ0n) is 10.1. The third kappa shape index (κ3) is 3.92. The lowest BCUT2D eigenvalue weighted by atomic mass is 10.1. The quantitative estimate of drug-likeness (QED) is 0.753. The first-order chi connectivity index (χ1) is 7.91. The molecule has 0 fully saturated rings. The monoisotopic (exact) mass is 259 g/mol. The number of carbonyl (C=O) groups is 1. The number of hydrogen-bond donors (Lipinski definition) is 2. The summed E-state index contributed by atoms with van der Waals surface area (Å²) in [4.78, 5) is 22.1. The molecular weight excluding hydrogens is 242 g/mol. The minimum Gasteiger partial charge on any atom is -0.481 e. The van der Waals surface area contributed by atoms with Gasteiger partial charge in [0.2, 0.25) is 0 Å². The summed E-state index contributed by atoms with van der Waals surface area (Å²) in [6.07, 6.45) is 0.847. The van der Waals surface area contributed by atoms with E-state index in [9.17, 15) is 9.59 Å². The van der Waals surface area contributed by atoms with Crippen LogP contribution in [0, 0.1) is 5.92 Å². The van der Waals surface area contributed by atoms with Crippen LogP contribution < -0.4 is 5.69 Å². The van der Waals surface area contributed by atoms with Gasteiger partial charge in [0.15, 0.2) is 5.16 Å². The van der Waals surface area contributed by atoms with E-state index in [2.05, 4.69) is 24.0 Å². The Labute approximate surface area is 103 Å². The summed E-state index contributed by atoms with van der Waals surface area (Å²) in [5.41, 5.74) is -0.286. The molecule has 1 aromatic rings. The second kappa shape index (κ2) is 5.90. The Bertz CT molecular complexity index is 438. The van der Waals surface area contributed by atoms with Crippen molar-refractivity contribution in [2.24, 2.45) is 5.92 Å². The fourth-order valence-corrected chi connectivity index (χ4v) is 2.46. The number of carboxylic acids is 1. The molecule has 0 saturated heterocycles. The topological polar surface area (TPSA) is 88.0 Å². The highest BCUT2D eigenvalue weighted by Gasteiger charge is 2.16. The van der Waals surface area contributed by atoms with E-state index in [-0.39, 0.29) is 17.5 Å². The summed E-state index contributed by atoms with van der Waals surface area (Å²) in [5.74, 6) is -0.559. The van der Waals surface area contributed by atoms with Crippen molar-refractivity contribution in [3.63, 3.8) is 0 Å². The van der Waals surface area contributed by atoms with Crippen LogP contribution in [0.25, 0.3) is 0 Å². The summed E-state index contributed by atoms with van der Waals surface area (Å²) in [5, 5.41) is 15.2. The maximum atomic E-state index is 11.6. The van der Waals surface area contributed by atoms with E-state index >= 15 is 0 Å². The maximum absolute atomic E-state index is 11.6. The standard InChI is InChI=1S/C10H17N3O3S/c1-6(2)4-7(3)13-9(16)11-12-10(13)17-5-8(14)15/h6-7H,4-5H2,1-3H3,(H,11,16)(H,14,15). The summed E-state index contributed by atoms with van der Waals surface area (Å²) in [6, 6.07) is 0.0116. The zero-order valence-corrected chi connectivity index (χ0v) is 11.0. The normalized spacial score (nSPS) is 12.9. The molecule has 0 spiro atoms. The van der Waals surface area contributed by atoms with Gasteiger partial charge in [0.1, 0.15) is 0 Å². The van der Waals surface area contributed by atoms with E-state index in [1.807, 2.05) is 6.92 Å². The minimum absolute atomic E-state index is 0.0116. The summed E-state index contributed by atoms with van der Waals surface area (Å²) < 4.78 is 1.52. The van der Waals surface area contributed by atoms with Crippen LogP contribution >= 0.6 is 11.8 Å². The van der Waals surface area contributed by atoms with Crippen LogP contribution in [-0.4, -0.2) is 31.6 Å². The van der Waals surface area contributed by atoms with Crippen LogP contribution in [0.15, 0.2) is 9.95 Å². The van der Waals surface area contributed by atoms with E-state index in [1.165, 1.54) is 4.57 Å². The highest BCUT2D eigenvalue weighted by atomic mass is 32.2. The molecule has 0 aromatic carbocycles. The van der Waals surface area contributed by atoms with E-state index in [1.54, 1.807) is 0 Å². The van der Waals surface area contributed by atoms with Crippen molar-refractivity contribution in [1.82, 2.24) is 14.8 Å². The fourth-order valence-electron chi connectivity index (χ4n) is 1.69. The number of aromatic nitrogens is 3. The van der Waals surface area contributed by atoms with Gasteiger partial charge in [-0.25, -0.2) is 9.89 Å². The van der Waals surface area contributed by atoms with Crippen LogP contribution in [0.2, 0.25) is 0 Å². The van der Waals surface area contributed by atoms with E-state index in [4.69, 9.17) is 5.11 Å². The number of thioether (sulfide) groups is 1. The molecule has 0 saturated carbocycles. The molecule has 0 aliphatic carbocycles. The molecule has 6 nitrogen and oxygen atoms in total. The van der Waals surface area contributed by atoms with Crippen LogP contribution in [0.4, 0.5) is 0 Å². The molecule has 7 heteroatoms. The number of aliphatic carboxylic acids is 1. The zero-order chi connectivity index (χ0) is 13.0. The Morgan fingerprint density at radius 1 is 1.53 bits per heavy atom. The maximum Gasteiger partial charge on any atom is 0.344 e. The van der Waals surface area contributed by atoms with Gasteiger partial charge >= 0.3 is 11.7 Å². The molecule has 1 rings (SSSR count). The number of hydrogen-bond acceptors (Lipinski definition) is 4. The molecule has 0 amide bonds. The average molecular weight is 259 g/mol. The molecule has 2 N–H and O–H groups in total. The van der Waals surface area contributed by atoms with Gasteiger partial charge in [-0.3, -0.25) is 9.36 Å². The largest absolute Gasteiger partial charge is 0.481 e. The smallest absolute Gasteiger partial charge is 0.344 e. The predicted octanol–water partition coefficient (Wildman–Crippen LogP) is 1.36. The molecular formula is C10H17N3O3S. The molecule has 1 aromatic heterocycles. The Morgan fingerprint density at radius 3 is 2.71 bits per heavy atom. The molecule has 0 radical (unpaired) electrons. The summed E-state index contributed by atoms with van der Waals surface area (Å²) in [7, 11) is 0. The van der Waals surface area contributed by atoms with Gasteiger partial charge in [-0.15, -0.1) is 5.10 Å². The second-order valence-corrected chi connectivity index (χ2v) is 5.28. The molecule has 1 atom stereocenters. The number of H-pyrrole nitrogens is 1. The Morgan fingerprint density at radius 2 is 2.18 bits per heavy atom. The molecule has 1 unspecified atom stereocenters. The summed E-state index contributed by atoms with van der Waals surface area (Å²) >= 11 is 1.05. The number of nitrogens with one attached hydrogen (secondary N) is 1. The van der Waals surface area contributed by atoms with Gasteiger partial charge in [-0.05, 0) is 19.3 Å². The number of aromatic amines is 1. The lowest BCUT2D eigenvalue weighted by Gasteiger charge is -2.15. The SMILES string of the molecule is CC(C)CC(C)n1c(SCC(=O)O)n[nH]c1=O. The molecule has 0 aliphatic rings. The first-order valence-electron chi connectivity index (χ1n) is 5.43. The third-order valence-corrected chi connectivity index (χ3v) is 3.19. The van der Waals surface area contributed by atoms with Gasteiger partial charge in [0.25, 0.3) is 0 Å². The van der Waals surface area contributed by atoms with Crippen molar-refractivity contribution >= 4 is 17.7 Å². The molecule has 17 heavy (non-hydrogen) atoms. The van der Waals surface area contributed by atoms with Gasteiger partial charge in [0.05, 0.1) is 5.75 Å². The first-order valence-corrected chi connectivity index (χ1v) is 6.41. The Kier molecular flexibility index (Phi) is 4.80. The van der Waals surface area contributed by atoms with Crippen molar-refractivity contribution in [2.45, 2.75) is 38.4 Å². The molecule has 0 bridgehead atoms. The van der Waals surface area contributed by atoms with Gasteiger partial charge in [-0.1, -0.05) is 25.6 Å². The van der Waals surface area contributed by atoms with Crippen LogP contribution in [-0.2, 0) is 4.79 Å². The minimum atomic E-state index is -0.923. The molecule has 0 aliphatic heterocycles. The van der Waals surface area contributed by atoms with E-state index in [0.717, 1.165) is 18.2 Å². The molecule has 96 valence electrons. The number of rotatable bonds is 6. The number of nitrogens with zero attached hydrogens (tertiary/aromatic N) is 2. The Balaban J connectivity index is 2.85. The van der Waals surface area contributed by atoms with Crippen molar-refractivity contribution in [3.05, 3.63) is 10.5 Å². The Hall–Kier alpha value is -1.24. The van der Waals surface area contributed by atoms with Crippen LogP contribution in [0.1, 0.15) is 33.2 Å². The second-order valence-electron chi connectivity index (χ2n) is 4.34. The van der Waals surface area contributed by atoms with Gasteiger partial charge in [0, 0.05) is 6.04 Å². The third-order valence-electron chi connectivity index (χ3n) is 2.25. The van der Waals surface area contributed by atoms with Crippen molar-refractivity contribution in [3.8, 4) is 0 Å². The average Bonchev–Trinajstić information content (AvgIpc) is 2.55. The van der Waals surface area contributed by atoms with Gasteiger partial charge in [-0.2, -0.15) is 0 Å². The van der Waals surface area contributed by atoms with E-state index in [0.29, 0.717) is 11.1 Å². The lowest BCUT2D eigenvalue weighted by Crippen LogP contribution is -2.22. The van der Waals surface area contributed by atoms with Crippen LogP contribution in [0.3, 0.4) is 0 Å². The fraction of sp³-hybridized carbons (Fsp3) is 0.700. The predicted molar refractivity (Wildman–Crippen MR) is 65.4 cm³/mol. The van der Waals surface area contributed by atoms with E-state index < -0.39 is 5.97 Å². The van der Waals surface area contributed by atoms with Crippen molar-refractivity contribution in [2.75, 3.05) is 5.75 Å². The lowest BCUT2D eigenvalue weighted by molar-refractivity contribution is -0.133. The van der Waals surface area contributed by atoms with Crippen LogP contribution in [0.5, 0.6) is 0 Å². The van der Waals surface area contributed by atoms with Gasteiger partial charge < -0.3 is 5.11 Å². The highest BCUT2D eigenvalue weighted by Crippen LogP contribution is 2.21. The highest BCUT2D eigenvalue weighted by molar-refractivity contribution is 7.99.